The van der Waals surface area contributed by atoms with Crippen molar-refractivity contribution >= 4 is 40.8 Å². The number of hydrogen-bond donors (Lipinski definition) is 2. The molecule has 3 rings (SSSR count). The Labute approximate surface area is 162 Å². The van der Waals surface area contributed by atoms with Crippen molar-refractivity contribution in [3.05, 3.63) is 58.1 Å². The fourth-order valence-corrected chi connectivity index (χ4v) is 3.23. The van der Waals surface area contributed by atoms with Crippen molar-refractivity contribution in [1.82, 2.24) is 0 Å². The number of anilines is 1. The number of rotatable bonds is 4. The van der Waals surface area contributed by atoms with Crippen LogP contribution in [0.15, 0.2) is 52.4 Å². The number of nitrogens with zero attached hydrogens (tertiary/aromatic N) is 3. The predicted molar refractivity (Wildman–Crippen MR) is 107 cm³/mol. The van der Waals surface area contributed by atoms with Gasteiger partial charge in [-0.05, 0) is 49.7 Å². The van der Waals surface area contributed by atoms with Gasteiger partial charge in [-0.2, -0.15) is 4.99 Å². The van der Waals surface area contributed by atoms with Crippen LogP contribution in [0.2, 0.25) is 10.0 Å². The summed E-state index contributed by atoms with van der Waals surface area (Å²) in [6, 6.07) is 12.9. The summed E-state index contributed by atoms with van der Waals surface area (Å²) >= 11 is 12.4. The molecule has 8 heteroatoms. The van der Waals surface area contributed by atoms with Gasteiger partial charge in [0.1, 0.15) is 18.0 Å². The maximum absolute atomic E-state index is 6.40. The second-order valence-electron chi connectivity index (χ2n) is 6.30. The molecule has 1 aliphatic heterocycles. The third kappa shape index (κ3) is 3.86. The predicted octanol–water partition coefficient (Wildman–Crippen LogP) is 3.76. The van der Waals surface area contributed by atoms with Crippen molar-refractivity contribution in [2.75, 3.05) is 4.90 Å². The number of aliphatic imine (C=N–C) groups is 2. The monoisotopic (exact) mass is 391 g/mol. The zero-order chi connectivity index (χ0) is 18.9. The highest BCUT2D eigenvalue weighted by Gasteiger charge is 2.33. The first-order chi connectivity index (χ1) is 12.3. The molecular weight excluding hydrogens is 373 g/mol. The van der Waals surface area contributed by atoms with E-state index in [2.05, 4.69) is 9.98 Å². The van der Waals surface area contributed by atoms with Crippen molar-refractivity contribution < 1.29 is 4.74 Å². The summed E-state index contributed by atoms with van der Waals surface area (Å²) in [5, 5.41) is 1.12. The van der Waals surface area contributed by atoms with Crippen LogP contribution in [0.25, 0.3) is 0 Å². The van der Waals surface area contributed by atoms with Gasteiger partial charge in [-0.1, -0.05) is 35.3 Å². The Morgan fingerprint density at radius 2 is 1.88 bits per heavy atom. The van der Waals surface area contributed by atoms with Crippen LogP contribution in [0.1, 0.15) is 19.4 Å². The van der Waals surface area contributed by atoms with Gasteiger partial charge in [-0.15, -0.1) is 0 Å². The van der Waals surface area contributed by atoms with Gasteiger partial charge in [0.05, 0.1) is 5.02 Å². The molecule has 26 heavy (non-hydrogen) atoms. The number of guanidine groups is 2. The molecule has 2 aromatic rings. The third-order valence-corrected chi connectivity index (χ3v) is 4.38. The van der Waals surface area contributed by atoms with E-state index in [9.17, 15) is 0 Å². The van der Waals surface area contributed by atoms with Gasteiger partial charge in [-0.3, -0.25) is 4.90 Å². The summed E-state index contributed by atoms with van der Waals surface area (Å²) in [5.74, 6) is 0.964. The van der Waals surface area contributed by atoms with Gasteiger partial charge in [0.15, 0.2) is 0 Å². The average molecular weight is 392 g/mol. The van der Waals surface area contributed by atoms with Crippen LogP contribution >= 0.6 is 23.2 Å². The molecule has 0 fully saturated rings. The van der Waals surface area contributed by atoms with Gasteiger partial charge < -0.3 is 16.2 Å². The molecule has 2 aromatic carbocycles. The van der Waals surface area contributed by atoms with Gasteiger partial charge in [0.2, 0.25) is 11.9 Å². The van der Waals surface area contributed by atoms with Crippen LogP contribution in [0.3, 0.4) is 0 Å². The highest BCUT2D eigenvalue weighted by atomic mass is 35.5. The molecule has 0 bridgehead atoms. The quantitative estimate of drug-likeness (QED) is 0.829. The Kier molecular flexibility index (Phi) is 4.98. The number of halogens is 2. The lowest BCUT2D eigenvalue weighted by molar-refractivity contribution is 0.306. The Morgan fingerprint density at radius 3 is 2.54 bits per heavy atom. The Balaban J connectivity index is 1.80. The smallest absolute Gasteiger partial charge is 0.220 e. The third-order valence-electron chi connectivity index (χ3n) is 3.85. The number of ether oxygens (including phenoxy) is 1. The van der Waals surface area contributed by atoms with Crippen molar-refractivity contribution in [1.29, 1.82) is 0 Å². The lowest BCUT2D eigenvalue weighted by Crippen LogP contribution is -2.54. The van der Waals surface area contributed by atoms with Gasteiger partial charge >= 0.3 is 0 Å². The minimum atomic E-state index is -0.678. The second-order valence-corrected chi connectivity index (χ2v) is 7.15. The summed E-state index contributed by atoms with van der Waals surface area (Å²) in [7, 11) is 0. The van der Waals surface area contributed by atoms with E-state index < -0.39 is 5.66 Å². The molecule has 136 valence electrons. The molecular formula is C18H19Cl2N5O. The van der Waals surface area contributed by atoms with E-state index in [0.29, 0.717) is 22.4 Å². The van der Waals surface area contributed by atoms with Crippen LogP contribution in [-0.2, 0) is 6.61 Å². The number of hydrogen-bond acceptors (Lipinski definition) is 6. The average Bonchev–Trinajstić information content (AvgIpc) is 2.52. The van der Waals surface area contributed by atoms with E-state index in [1.807, 2.05) is 44.2 Å². The molecule has 0 unspecified atom stereocenters. The van der Waals surface area contributed by atoms with E-state index >= 15 is 0 Å². The molecule has 0 aliphatic carbocycles. The van der Waals surface area contributed by atoms with Crippen molar-refractivity contribution in [3.8, 4) is 5.75 Å². The molecule has 0 aromatic heterocycles. The van der Waals surface area contributed by atoms with Crippen LogP contribution in [0.4, 0.5) is 5.69 Å². The Morgan fingerprint density at radius 1 is 1.12 bits per heavy atom. The molecule has 0 saturated heterocycles. The van der Waals surface area contributed by atoms with Crippen LogP contribution in [0.5, 0.6) is 5.75 Å². The summed E-state index contributed by atoms with van der Waals surface area (Å²) in [5.41, 5.74) is 12.8. The topological polar surface area (TPSA) is 89.2 Å². The molecule has 0 amide bonds. The van der Waals surface area contributed by atoms with Gasteiger partial charge in [-0.25, -0.2) is 4.99 Å². The largest absolute Gasteiger partial charge is 0.487 e. The van der Waals surface area contributed by atoms with Crippen molar-refractivity contribution in [2.24, 2.45) is 21.5 Å². The SMILES string of the molecule is CC1(C)N=C(N)N=C(N)N1c1ccc(OCc2cccc(Cl)c2)c(Cl)c1. The second kappa shape index (κ2) is 7.05. The molecule has 0 spiro atoms. The van der Waals surface area contributed by atoms with E-state index in [4.69, 9.17) is 39.4 Å². The molecule has 0 saturated carbocycles. The first-order valence-corrected chi connectivity index (χ1v) is 8.68. The molecule has 1 heterocycles. The summed E-state index contributed by atoms with van der Waals surface area (Å²) in [6.07, 6.45) is 0. The van der Waals surface area contributed by atoms with Crippen molar-refractivity contribution in [2.45, 2.75) is 26.1 Å². The summed E-state index contributed by atoms with van der Waals surface area (Å²) in [4.78, 5) is 10.1. The highest BCUT2D eigenvalue weighted by molar-refractivity contribution is 6.32. The maximum Gasteiger partial charge on any atom is 0.220 e. The van der Waals surface area contributed by atoms with Crippen molar-refractivity contribution in [3.63, 3.8) is 0 Å². The lowest BCUT2D eigenvalue weighted by atomic mass is 10.1. The zero-order valence-electron chi connectivity index (χ0n) is 14.4. The van der Waals surface area contributed by atoms with Gasteiger partial charge in [0.25, 0.3) is 0 Å². The molecule has 4 N–H and O–H groups in total. The first kappa shape index (κ1) is 18.4. The molecule has 0 atom stereocenters. The molecule has 1 aliphatic rings. The summed E-state index contributed by atoms with van der Waals surface area (Å²) < 4.78 is 5.80. The maximum atomic E-state index is 6.40. The lowest BCUT2D eigenvalue weighted by Gasteiger charge is -2.38. The van der Waals surface area contributed by atoms with Crippen LogP contribution in [-0.4, -0.2) is 17.6 Å². The minimum Gasteiger partial charge on any atom is -0.487 e. The fourth-order valence-electron chi connectivity index (χ4n) is 2.78. The van der Waals surface area contributed by atoms with Crippen LogP contribution < -0.4 is 21.1 Å². The Hall–Kier alpha value is -2.44. The standard InChI is InChI=1S/C18H19Cl2N5O/c1-18(2)24-16(21)23-17(22)25(18)13-6-7-15(14(20)9-13)26-10-11-4-3-5-12(19)8-11/h3-9H,10H2,1-2H3,(H4,21,22,23,24). The summed E-state index contributed by atoms with van der Waals surface area (Å²) in [6.45, 7) is 4.14. The fraction of sp³-hybridized carbons (Fsp3) is 0.222. The minimum absolute atomic E-state index is 0.149. The van der Waals surface area contributed by atoms with E-state index in [1.54, 1.807) is 17.0 Å². The van der Waals surface area contributed by atoms with Gasteiger partial charge in [0, 0.05) is 10.7 Å². The highest BCUT2D eigenvalue weighted by Crippen LogP contribution is 2.34. The van der Waals surface area contributed by atoms with E-state index in [1.165, 1.54) is 0 Å². The normalized spacial score (nSPS) is 16.1. The molecule has 6 nitrogen and oxygen atoms in total. The first-order valence-electron chi connectivity index (χ1n) is 7.93. The van der Waals surface area contributed by atoms with Crippen LogP contribution in [0, 0.1) is 0 Å². The number of nitrogens with two attached hydrogens (primary N) is 2. The Bertz CT molecular complexity index is 895. The zero-order valence-corrected chi connectivity index (χ0v) is 15.9. The van der Waals surface area contributed by atoms with E-state index in [0.717, 1.165) is 11.3 Å². The molecule has 0 radical (unpaired) electrons. The number of benzene rings is 2. The van der Waals surface area contributed by atoms with E-state index in [-0.39, 0.29) is 11.9 Å².